The van der Waals surface area contributed by atoms with Crippen molar-refractivity contribution in [3.05, 3.63) is 33.3 Å². The first-order valence-electron chi connectivity index (χ1n) is 5.35. The van der Waals surface area contributed by atoms with Gasteiger partial charge in [0.25, 0.3) is 0 Å². The molecule has 0 spiro atoms. The quantitative estimate of drug-likeness (QED) is 0.783. The molecule has 0 saturated heterocycles. The predicted molar refractivity (Wildman–Crippen MR) is 70.2 cm³/mol. The molecule has 0 bridgehead atoms. The van der Waals surface area contributed by atoms with E-state index in [2.05, 4.69) is 22.9 Å². The lowest BCUT2D eigenvalue weighted by molar-refractivity contribution is 0.580. The highest BCUT2D eigenvalue weighted by Gasteiger charge is 2.09. The van der Waals surface area contributed by atoms with Crippen molar-refractivity contribution < 1.29 is 0 Å². The number of unbranched alkanes of at least 4 members (excludes halogenated alkanes) is 2. The lowest BCUT2D eigenvalue weighted by Gasteiger charge is -2.13. The first-order valence-corrected chi connectivity index (χ1v) is 6.52. The summed E-state index contributed by atoms with van der Waals surface area (Å²) in [6.45, 7) is 2.20. The number of rotatable bonds is 5. The largest absolute Gasteiger partial charge is 0.324 e. The molecule has 1 unspecified atom stereocenters. The van der Waals surface area contributed by atoms with Crippen LogP contribution in [-0.4, -0.2) is 0 Å². The van der Waals surface area contributed by atoms with Crippen molar-refractivity contribution in [1.82, 2.24) is 0 Å². The Morgan fingerprint density at radius 1 is 1.40 bits per heavy atom. The minimum Gasteiger partial charge on any atom is -0.324 e. The molecule has 0 aliphatic heterocycles. The number of halogens is 2. The maximum absolute atomic E-state index is 6.11. The van der Waals surface area contributed by atoms with Crippen LogP contribution in [0.5, 0.6) is 0 Å². The van der Waals surface area contributed by atoms with Crippen molar-refractivity contribution in [3.63, 3.8) is 0 Å². The van der Waals surface area contributed by atoms with Crippen LogP contribution in [0.15, 0.2) is 22.7 Å². The minimum atomic E-state index is 0.114. The molecule has 0 radical (unpaired) electrons. The van der Waals surface area contributed by atoms with Crippen LogP contribution in [0.25, 0.3) is 0 Å². The van der Waals surface area contributed by atoms with Crippen LogP contribution in [0.3, 0.4) is 0 Å². The topological polar surface area (TPSA) is 26.0 Å². The fraction of sp³-hybridized carbons (Fsp3) is 0.500. The second-order valence-corrected chi connectivity index (χ2v) is 5.06. The third-order valence-electron chi connectivity index (χ3n) is 2.48. The van der Waals surface area contributed by atoms with Crippen molar-refractivity contribution >= 4 is 27.5 Å². The SMILES string of the molecule is CCCCCC(N)c1ccc(Cl)cc1Br. The summed E-state index contributed by atoms with van der Waals surface area (Å²) < 4.78 is 1.01. The zero-order chi connectivity index (χ0) is 11.3. The summed E-state index contributed by atoms with van der Waals surface area (Å²) in [5, 5.41) is 0.742. The molecule has 0 fully saturated rings. The first-order chi connectivity index (χ1) is 7.15. The van der Waals surface area contributed by atoms with E-state index in [1.807, 2.05) is 18.2 Å². The molecular weight excluding hydrogens is 273 g/mol. The molecule has 2 N–H and O–H groups in total. The molecule has 3 heteroatoms. The third kappa shape index (κ3) is 4.13. The smallest absolute Gasteiger partial charge is 0.0417 e. The standard InChI is InChI=1S/C12H17BrClN/c1-2-3-4-5-12(15)10-7-6-9(14)8-11(10)13/h6-8,12H,2-5,15H2,1H3. The molecule has 0 heterocycles. The molecule has 15 heavy (non-hydrogen) atoms. The molecule has 0 aromatic heterocycles. The highest BCUT2D eigenvalue weighted by Crippen LogP contribution is 2.28. The van der Waals surface area contributed by atoms with Gasteiger partial charge in [0.05, 0.1) is 0 Å². The Morgan fingerprint density at radius 3 is 2.73 bits per heavy atom. The number of benzene rings is 1. The average molecular weight is 291 g/mol. The van der Waals surface area contributed by atoms with E-state index in [-0.39, 0.29) is 6.04 Å². The van der Waals surface area contributed by atoms with E-state index in [9.17, 15) is 0 Å². The molecule has 1 atom stereocenters. The summed E-state index contributed by atoms with van der Waals surface area (Å²) >= 11 is 9.37. The van der Waals surface area contributed by atoms with Crippen molar-refractivity contribution in [2.24, 2.45) is 5.73 Å². The lowest BCUT2D eigenvalue weighted by atomic mass is 10.0. The van der Waals surface area contributed by atoms with Crippen molar-refractivity contribution in [3.8, 4) is 0 Å². The van der Waals surface area contributed by atoms with Crippen LogP contribution in [0, 0.1) is 0 Å². The van der Waals surface area contributed by atoms with Gasteiger partial charge in [-0.25, -0.2) is 0 Å². The Bertz CT molecular complexity index is 314. The van der Waals surface area contributed by atoms with Gasteiger partial charge in [-0.05, 0) is 24.1 Å². The first kappa shape index (κ1) is 13.0. The van der Waals surface area contributed by atoms with Crippen LogP contribution in [0.4, 0.5) is 0 Å². The van der Waals surface area contributed by atoms with Crippen LogP contribution in [-0.2, 0) is 0 Å². The molecule has 0 amide bonds. The Hall–Kier alpha value is -0.0500. The fourth-order valence-corrected chi connectivity index (χ4v) is 2.55. The van der Waals surface area contributed by atoms with Crippen molar-refractivity contribution in [2.45, 2.75) is 38.6 Å². The van der Waals surface area contributed by atoms with Gasteiger partial charge in [-0.3, -0.25) is 0 Å². The second kappa shape index (κ2) is 6.51. The van der Waals surface area contributed by atoms with E-state index in [1.165, 1.54) is 19.3 Å². The zero-order valence-electron chi connectivity index (χ0n) is 8.97. The van der Waals surface area contributed by atoms with E-state index >= 15 is 0 Å². The molecule has 1 aromatic rings. The second-order valence-electron chi connectivity index (χ2n) is 3.77. The van der Waals surface area contributed by atoms with Gasteiger partial charge < -0.3 is 5.73 Å². The van der Waals surface area contributed by atoms with Crippen LogP contribution < -0.4 is 5.73 Å². The van der Waals surface area contributed by atoms with Gasteiger partial charge in [0.2, 0.25) is 0 Å². The summed E-state index contributed by atoms with van der Waals surface area (Å²) in [5.41, 5.74) is 7.26. The summed E-state index contributed by atoms with van der Waals surface area (Å²) in [6, 6.07) is 5.91. The van der Waals surface area contributed by atoms with Crippen LogP contribution >= 0.6 is 27.5 Å². The van der Waals surface area contributed by atoms with E-state index in [1.54, 1.807) is 0 Å². The summed E-state index contributed by atoms with van der Waals surface area (Å²) in [4.78, 5) is 0. The molecular formula is C12H17BrClN. The molecule has 84 valence electrons. The number of hydrogen-bond acceptors (Lipinski definition) is 1. The summed E-state index contributed by atoms with van der Waals surface area (Å²) in [6.07, 6.45) is 4.70. The maximum Gasteiger partial charge on any atom is 0.0417 e. The predicted octanol–water partition coefficient (Wildman–Crippen LogP) is 4.68. The molecule has 0 saturated carbocycles. The highest BCUT2D eigenvalue weighted by molar-refractivity contribution is 9.10. The Morgan fingerprint density at radius 2 is 2.13 bits per heavy atom. The molecule has 1 nitrogen and oxygen atoms in total. The van der Waals surface area contributed by atoms with Gasteiger partial charge in [0.15, 0.2) is 0 Å². The maximum atomic E-state index is 6.11. The minimum absolute atomic E-state index is 0.114. The third-order valence-corrected chi connectivity index (χ3v) is 3.40. The summed E-state index contributed by atoms with van der Waals surface area (Å²) in [5.74, 6) is 0. The normalized spacial score (nSPS) is 12.8. The van der Waals surface area contributed by atoms with Gasteiger partial charge in [-0.2, -0.15) is 0 Å². The Kier molecular flexibility index (Phi) is 5.65. The lowest BCUT2D eigenvalue weighted by Crippen LogP contribution is -2.10. The monoisotopic (exact) mass is 289 g/mol. The number of nitrogens with two attached hydrogens (primary N) is 1. The van der Waals surface area contributed by atoms with Gasteiger partial charge in [0, 0.05) is 15.5 Å². The van der Waals surface area contributed by atoms with E-state index in [0.29, 0.717) is 0 Å². The van der Waals surface area contributed by atoms with Gasteiger partial charge in [-0.15, -0.1) is 0 Å². The van der Waals surface area contributed by atoms with E-state index < -0.39 is 0 Å². The Labute approximate surface area is 105 Å². The summed E-state index contributed by atoms with van der Waals surface area (Å²) in [7, 11) is 0. The van der Waals surface area contributed by atoms with Crippen molar-refractivity contribution in [1.29, 1.82) is 0 Å². The van der Waals surface area contributed by atoms with E-state index in [4.69, 9.17) is 17.3 Å². The van der Waals surface area contributed by atoms with Gasteiger partial charge >= 0.3 is 0 Å². The van der Waals surface area contributed by atoms with Crippen LogP contribution in [0.2, 0.25) is 5.02 Å². The van der Waals surface area contributed by atoms with Gasteiger partial charge in [0.1, 0.15) is 0 Å². The van der Waals surface area contributed by atoms with Crippen molar-refractivity contribution in [2.75, 3.05) is 0 Å². The zero-order valence-corrected chi connectivity index (χ0v) is 11.3. The van der Waals surface area contributed by atoms with E-state index in [0.717, 1.165) is 21.5 Å². The molecule has 1 aromatic carbocycles. The highest BCUT2D eigenvalue weighted by atomic mass is 79.9. The fourth-order valence-electron chi connectivity index (χ4n) is 1.57. The molecule has 0 aliphatic rings. The van der Waals surface area contributed by atoms with Crippen LogP contribution in [0.1, 0.15) is 44.2 Å². The average Bonchev–Trinajstić information content (AvgIpc) is 2.17. The Balaban J connectivity index is 2.61. The molecule has 1 rings (SSSR count). The van der Waals surface area contributed by atoms with Gasteiger partial charge in [-0.1, -0.05) is 59.8 Å². The number of hydrogen-bond donors (Lipinski definition) is 1. The molecule has 0 aliphatic carbocycles.